The zero-order chi connectivity index (χ0) is 13.2. The van der Waals surface area contributed by atoms with Gasteiger partial charge in [-0.15, -0.1) is 0 Å². The summed E-state index contributed by atoms with van der Waals surface area (Å²) < 4.78 is 14.1. The van der Waals surface area contributed by atoms with Crippen LogP contribution in [0.15, 0.2) is 22.7 Å². The zero-order valence-electron chi connectivity index (χ0n) is 11.1. The molecule has 3 heteroatoms. The minimum Gasteiger partial charge on any atom is -0.309 e. The molecule has 1 saturated carbocycles. The molecule has 0 saturated heterocycles. The molecule has 1 unspecified atom stereocenters. The highest BCUT2D eigenvalue weighted by atomic mass is 79.9. The summed E-state index contributed by atoms with van der Waals surface area (Å²) >= 11 is 3.33. The molecule has 1 aromatic carbocycles. The van der Waals surface area contributed by atoms with Crippen LogP contribution < -0.4 is 5.32 Å². The van der Waals surface area contributed by atoms with E-state index in [0.29, 0.717) is 11.5 Å². The maximum absolute atomic E-state index is 13.3. The molecule has 2 rings (SSSR count). The van der Waals surface area contributed by atoms with Gasteiger partial charge < -0.3 is 5.32 Å². The highest BCUT2D eigenvalue weighted by Crippen LogP contribution is 2.35. The third kappa shape index (κ3) is 3.55. The summed E-state index contributed by atoms with van der Waals surface area (Å²) in [5.74, 6) is -0.177. The maximum Gasteiger partial charge on any atom is 0.124 e. The Labute approximate surface area is 117 Å². The first kappa shape index (κ1) is 14.0. The Kier molecular flexibility index (Phi) is 4.44. The molecule has 1 aromatic rings. The number of nitrogens with one attached hydrogen (secondary N) is 1. The van der Waals surface area contributed by atoms with E-state index in [-0.39, 0.29) is 5.82 Å². The number of hydrogen-bond acceptors (Lipinski definition) is 1. The minimum atomic E-state index is -0.177. The lowest BCUT2D eigenvalue weighted by Crippen LogP contribution is -2.43. The second-order valence-corrected chi connectivity index (χ2v) is 6.86. The number of halogens is 2. The van der Waals surface area contributed by atoms with Crippen LogP contribution in [0.5, 0.6) is 0 Å². The van der Waals surface area contributed by atoms with E-state index in [1.165, 1.54) is 31.7 Å². The summed E-state index contributed by atoms with van der Waals surface area (Å²) in [4.78, 5) is 0. The average molecular weight is 314 g/mol. The third-order valence-corrected chi connectivity index (χ3v) is 4.44. The molecule has 0 amide bonds. The van der Waals surface area contributed by atoms with Crippen LogP contribution in [0.4, 0.5) is 4.39 Å². The van der Waals surface area contributed by atoms with Crippen molar-refractivity contribution in [1.82, 2.24) is 5.32 Å². The van der Waals surface area contributed by atoms with Gasteiger partial charge in [-0.2, -0.15) is 0 Å². The van der Waals surface area contributed by atoms with Crippen LogP contribution in [0.25, 0.3) is 0 Å². The fourth-order valence-electron chi connectivity index (χ4n) is 2.83. The molecule has 1 N–H and O–H groups in total. The van der Waals surface area contributed by atoms with Crippen molar-refractivity contribution in [3.8, 4) is 0 Å². The Morgan fingerprint density at radius 2 is 2.11 bits per heavy atom. The monoisotopic (exact) mass is 313 g/mol. The molecule has 1 nitrogen and oxygen atoms in total. The molecule has 1 fully saturated rings. The fraction of sp³-hybridized carbons (Fsp3) is 0.600. The van der Waals surface area contributed by atoms with Crippen molar-refractivity contribution in [1.29, 1.82) is 0 Å². The van der Waals surface area contributed by atoms with Gasteiger partial charge in [-0.3, -0.25) is 0 Å². The molecule has 0 aromatic heterocycles. The highest BCUT2D eigenvalue weighted by Gasteiger charge is 2.31. The van der Waals surface area contributed by atoms with Crippen molar-refractivity contribution in [3.05, 3.63) is 34.1 Å². The van der Waals surface area contributed by atoms with Crippen LogP contribution >= 0.6 is 15.9 Å². The van der Waals surface area contributed by atoms with Crippen LogP contribution in [0.2, 0.25) is 0 Å². The smallest absolute Gasteiger partial charge is 0.124 e. The zero-order valence-corrected chi connectivity index (χ0v) is 12.7. The van der Waals surface area contributed by atoms with Crippen molar-refractivity contribution >= 4 is 15.9 Å². The van der Waals surface area contributed by atoms with E-state index in [4.69, 9.17) is 0 Å². The first-order chi connectivity index (χ1) is 8.47. The van der Waals surface area contributed by atoms with E-state index in [0.717, 1.165) is 16.6 Å². The maximum atomic E-state index is 13.3. The highest BCUT2D eigenvalue weighted by molar-refractivity contribution is 9.10. The molecular formula is C15H21BrFN. The Hall–Kier alpha value is -0.410. The summed E-state index contributed by atoms with van der Waals surface area (Å²) in [7, 11) is 0. The van der Waals surface area contributed by atoms with Crippen molar-refractivity contribution in [2.75, 3.05) is 0 Å². The first-order valence-electron chi connectivity index (χ1n) is 6.66. The van der Waals surface area contributed by atoms with E-state index < -0.39 is 0 Å². The van der Waals surface area contributed by atoms with Crippen molar-refractivity contribution in [2.45, 2.75) is 52.1 Å². The van der Waals surface area contributed by atoms with Crippen molar-refractivity contribution < 1.29 is 4.39 Å². The number of hydrogen-bond donors (Lipinski definition) is 1. The standard InChI is InChI=1S/C15H21BrFN/c1-15(2)6-4-3-5-14(15)18-10-11-7-12(16)9-13(17)8-11/h7-9,14,18H,3-6,10H2,1-2H3. The molecular weight excluding hydrogens is 293 g/mol. The van der Waals surface area contributed by atoms with E-state index in [1.54, 1.807) is 6.07 Å². The Morgan fingerprint density at radius 1 is 1.33 bits per heavy atom. The van der Waals surface area contributed by atoms with Crippen molar-refractivity contribution in [2.24, 2.45) is 5.41 Å². The normalized spacial score (nSPS) is 23.0. The summed E-state index contributed by atoms with van der Waals surface area (Å²) in [5.41, 5.74) is 1.35. The van der Waals surface area contributed by atoms with Gasteiger partial charge in [-0.1, -0.05) is 42.6 Å². The molecule has 0 radical (unpaired) electrons. The van der Waals surface area contributed by atoms with Gasteiger partial charge >= 0.3 is 0 Å². The van der Waals surface area contributed by atoms with Crippen LogP contribution in [0.3, 0.4) is 0 Å². The lowest BCUT2D eigenvalue weighted by atomic mass is 9.73. The average Bonchev–Trinajstić information content (AvgIpc) is 2.25. The van der Waals surface area contributed by atoms with Crippen LogP contribution in [-0.2, 0) is 6.54 Å². The van der Waals surface area contributed by atoms with Gasteiger partial charge in [0.15, 0.2) is 0 Å². The van der Waals surface area contributed by atoms with Gasteiger partial charge in [0.05, 0.1) is 0 Å². The second-order valence-electron chi connectivity index (χ2n) is 5.95. The second kappa shape index (κ2) is 5.70. The quantitative estimate of drug-likeness (QED) is 0.856. The lowest BCUT2D eigenvalue weighted by molar-refractivity contribution is 0.166. The van der Waals surface area contributed by atoms with E-state index in [1.807, 2.05) is 6.07 Å². The van der Waals surface area contributed by atoms with Crippen LogP contribution in [-0.4, -0.2) is 6.04 Å². The molecule has 100 valence electrons. The van der Waals surface area contributed by atoms with Gasteiger partial charge in [0, 0.05) is 17.1 Å². The molecule has 0 bridgehead atoms. The number of rotatable bonds is 3. The van der Waals surface area contributed by atoms with Crippen LogP contribution in [0, 0.1) is 11.2 Å². The minimum absolute atomic E-state index is 0.177. The van der Waals surface area contributed by atoms with Gasteiger partial charge in [0.25, 0.3) is 0 Å². The Balaban J connectivity index is 1.98. The Bertz CT molecular complexity index is 397. The summed E-state index contributed by atoms with van der Waals surface area (Å²) in [5, 5.41) is 3.60. The summed E-state index contributed by atoms with van der Waals surface area (Å²) in [6, 6.07) is 5.61. The molecule has 0 spiro atoms. The molecule has 1 aliphatic rings. The van der Waals surface area contributed by atoms with E-state index in [9.17, 15) is 4.39 Å². The van der Waals surface area contributed by atoms with Crippen LogP contribution in [0.1, 0.15) is 45.1 Å². The molecule has 18 heavy (non-hydrogen) atoms. The molecule has 1 aliphatic carbocycles. The topological polar surface area (TPSA) is 12.0 Å². The van der Waals surface area contributed by atoms with Gasteiger partial charge in [-0.05, 0) is 42.0 Å². The largest absolute Gasteiger partial charge is 0.309 e. The molecule has 1 atom stereocenters. The van der Waals surface area contributed by atoms with E-state index in [2.05, 4.69) is 35.1 Å². The van der Waals surface area contributed by atoms with Gasteiger partial charge in [0.1, 0.15) is 5.82 Å². The number of benzene rings is 1. The molecule has 0 aliphatic heterocycles. The Morgan fingerprint density at radius 3 is 2.78 bits per heavy atom. The first-order valence-corrected chi connectivity index (χ1v) is 7.45. The van der Waals surface area contributed by atoms with E-state index >= 15 is 0 Å². The van der Waals surface area contributed by atoms with Crippen molar-refractivity contribution in [3.63, 3.8) is 0 Å². The summed E-state index contributed by atoms with van der Waals surface area (Å²) in [6.07, 6.45) is 5.13. The molecule has 0 heterocycles. The SMILES string of the molecule is CC1(C)CCCCC1NCc1cc(F)cc(Br)c1. The summed E-state index contributed by atoms with van der Waals surface area (Å²) in [6.45, 7) is 5.39. The predicted octanol–water partition coefficient (Wildman–Crippen LogP) is 4.65. The van der Waals surface area contributed by atoms with Gasteiger partial charge in [-0.25, -0.2) is 4.39 Å². The lowest BCUT2D eigenvalue weighted by Gasteiger charge is -2.39. The third-order valence-electron chi connectivity index (χ3n) is 3.98. The van der Waals surface area contributed by atoms with Gasteiger partial charge in [0.2, 0.25) is 0 Å². The predicted molar refractivity (Wildman–Crippen MR) is 77.0 cm³/mol. The fourth-order valence-corrected chi connectivity index (χ4v) is 3.34.